The number of carbonyl (C=O) groups excluding carboxylic acids is 1. The molecule has 1 aliphatic rings. The van der Waals surface area contributed by atoms with Gasteiger partial charge in [-0.2, -0.15) is 0 Å². The Hall–Kier alpha value is -2.22. The molecule has 1 heterocycles. The van der Waals surface area contributed by atoms with Crippen LogP contribution in [0.1, 0.15) is 32.1 Å². The molecule has 1 aromatic heterocycles. The molecule has 3 rings (SSSR count). The molecule has 0 bridgehead atoms. The molecule has 0 saturated heterocycles. The molecular weight excluding hydrogens is 366 g/mol. The monoisotopic (exact) mass is 391 g/mol. The third-order valence-electron chi connectivity index (χ3n) is 4.68. The third-order valence-corrected chi connectivity index (χ3v) is 5.49. The summed E-state index contributed by atoms with van der Waals surface area (Å²) >= 11 is 1.24. The van der Waals surface area contributed by atoms with Gasteiger partial charge in [-0.05, 0) is 37.0 Å². The van der Waals surface area contributed by atoms with Crippen molar-refractivity contribution in [3.63, 3.8) is 0 Å². The van der Waals surface area contributed by atoms with Crippen LogP contribution in [0.25, 0.3) is 11.5 Å². The Bertz CT molecular complexity index is 759. The number of hydrogen-bond donors (Lipinski definition) is 1. The second kappa shape index (κ2) is 9.64. The Labute approximate surface area is 163 Å². The number of amides is 1. The zero-order chi connectivity index (χ0) is 19.1. The van der Waals surface area contributed by atoms with Crippen LogP contribution in [0.5, 0.6) is 11.5 Å². The molecule has 1 N–H and O–H groups in total. The van der Waals surface area contributed by atoms with Gasteiger partial charge in [0.1, 0.15) is 0 Å². The van der Waals surface area contributed by atoms with Crippen molar-refractivity contribution in [3.05, 3.63) is 18.2 Å². The van der Waals surface area contributed by atoms with Crippen LogP contribution < -0.4 is 14.8 Å². The number of benzene rings is 1. The molecule has 0 unspecified atom stereocenters. The number of nitrogens with zero attached hydrogens (tertiary/aromatic N) is 2. The summed E-state index contributed by atoms with van der Waals surface area (Å²) in [6.07, 6.45) is 6.30. The molecular formula is C19H25N3O4S. The highest BCUT2D eigenvalue weighted by molar-refractivity contribution is 7.99. The second-order valence-electron chi connectivity index (χ2n) is 6.54. The lowest BCUT2D eigenvalue weighted by molar-refractivity contribution is -0.118. The molecule has 1 aromatic carbocycles. The molecule has 0 aliphatic heterocycles. The number of thioether (sulfide) groups is 1. The number of nitrogens with one attached hydrogen (secondary N) is 1. The third kappa shape index (κ3) is 5.38. The van der Waals surface area contributed by atoms with Crippen LogP contribution in [-0.2, 0) is 4.79 Å². The van der Waals surface area contributed by atoms with Gasteiger partial charge in [-0.25, -0.2) is 0 Å². The highest BCUT2D eigenvalue weighted by Gasteiger charge is 2.16. The van der Waals surface area contributed by atoms with Crippen LogP contribution in [0, 0.1) is 5.92 Å². The Morgan fingerprint density at radius 3 is 2.70 bits per heavy atom. The number of hydrogen-bond acceptors (Lipinski definition) is 7. The van der Waals surface area contributed by atoms with Crippen LogP contribution in [0.3, 0.4) is 0 Å². The molecule has 7 nitrogen and oxygen atoms in total. The summed E-state index contributed by atoms with van der Waals surface area (Å²) in [7, 11) is 3.15. The van der Waals surface area contributed by atoms with Crippen LogP contribution >= 0.6 is 11.8 Å². The van der Waals surface area contributed by atoms with E-state index in [1.165, 1.54) is 43.9 Å². The number of ether oxygens (including phenoxy) is 2. The van der Waals surface area contributed by atoms with Crippen molar-refractivity contribution in [2.45, 2.75) is 37.3 Å². The van der Waals surface area contributed by atoms with Gasteiger partial charge in [0, 0.05) is 12.1 Å². The quantitative estimate of drug-likeness (QED) is 0.689. The predicted molar refractivity (Wildman–Crippen MR) is 103 cm³/mol. The Morgan fingerprint density at radius 1 is 1.19 bits per heavy atom. The summed E-state index contributed by atoms with van der Waals surface area (Å²) in [5, 5.41) is 11.4. The summed E-state index contributed by atoms with van der Waals surface area (Å²) < 4.78 is 16.2. The van der Waals surface area contributed by atoms with Crippen molar-refractivity contribution in [2.24, 2.45) is 5.92 Å². The number of carbonyl (C=O) groups is 1. The summed E-state index contributed by atoms with van der Waals surface area (Å²) in [5.41, 5.74) is 0.730. The maximum Gasteiger partial charge on any atom is 0.277 e. The van der Waals surface area contributed by atoms with Crippen molar-refractivity contribution in [3.8, 4) is 23.0 Å². The number of rotatable bonds is 8. The average Bonchev–Trinajstić information content (AvgIpc) is 3.20. The van der Waals surface area contributed by atoms with Crippen LogP contribution in [-0.4, -0.2) is 42.6 Å². The first-order valence-corrected chi connectivity index (χ1v) is 10.1. The molecule has 0 atom stereocenters. The smallest absolute Gasteiger partial charge is 0.277 e. The van der Waals surface area contributed by atoms with E-state index in [0.29, 0.717) is 28.5 Å². The normalized spacial score (nSPS) is 14.7. The fourth-order valence-corrected chi connectivity index (χ4v) is 3.77. The molecule has 8 heteroatoms. The average molecular weight is 391 g/mol. The molecule has 0 radical (unpaired) electrons. The van der Waals surface area contributed by atoms with Gasteiger partial charge in [0.05, 0.1) is 20.0 Å². The van der Waals surface area contributed by atoms with Gasteiger partial charge in [-0.1, -0.05) is 31.0 Å². The van der Waals surface area contributed by atoms with E-state index in [1.807, 2.05) is 6.07 Å². The molecule has 146 valence electrons. The van der Waals surface area contributed by atoms with Crippen LogP contribution in [0.15, 0.2) is 27.8 Å². The maximum atomic E-state index is 12.0. The number of methoxy groups -OCH3 is 2. The SMILES string of the molecule is COc1ccc(-c2nnc(SCC(=O)NCC3CCCCC3)o2)cc1OC. The lowest BCUT2D eigenvalue weighted by atomic mass is 9.89. The van der Waals surface area contributed by atoms with E-state index in [2.05, 4.69) is 15.5 Å². The van der Waals surface area contributed by atoms with Crippen molar-refractivity contribution < 1.29 is 18.7 Å². The molecule has 1 aliphatic carbocycles. The van der Waals surface area contributed by atoms with E-state index in [1.54, 1.807) is 26.4 Å². The molecule has 1 saturated carbocycles. The van der Waals surface area contributed by atoms with Crippen LogP contribution in [0.2, 0.25) is 0 Å². The predicted octanol–water partition coefficient (Wildman–Crippen LogP) is 3.54. The largest absolute Gasteiger partial charge is 0.493 e. The van der Waals surface area contributed by atoms with E-state index in [-0.39, 0.29) is 11.7 Å². The van der Waals surface area contributed by atoms with E-state index in [0.717, 1.165) is 12.1 Å². The fraction of sp³-hybridized carbons (Fsp3) is 0.526. The minimum Gasteiger partial charge on any atom is -0.493 e. The second-order valence-corrected chi connectivity index (χ2v) is 7.47. The molecule has 2 aromatic rings. The van der Waals surface area contributed by atoms with E-state index in [4.69, 9.17) is 13.9 Å². The lowest BCUT2D eigenvalue weighted by Gasteiger charge is -2.21. The molecule has 1 amide bonds. The fourth-order valence-electron chi connectivity index (χ4n) is 3.18. The van der Waals surface area contributed by atoms with E-state index in [9.17, 15) is 4.79 Å². The zero-order valence-corrected chi connectivity index (χ0v) is 16.5. The summed E-state index contributed by atoms with van der Waals surface area (Å²) in [5.74, 6) is 2.47. The van der Waals surface area contributed by atoms with Crippen LogP contribution in [0.4, 0.5) is 0 Å². The topological polar surface area (TPSA) is 86.5 Å². The van der Waals surface area contributed by atoms with Gasteiger partial charge >= 0.3 is 0 Å². The minimum absolute atomic E-state index is 0.00330. The van der Waals surface area contributed by atoms with Gasteiger partial charge in [0.25, 0.3) is 5.22 Å². The van der Waals surface area contributed by atoms with Gasteiger partial charge in [0.2, 0.25) is 11.8 Å². The van der Waals surface area contributed by atoms with Crippen molar-refractivity contribution >= 4 is 17.7 Å². The molecule has 27 heavy (non-hydrogen) atoms. The highest BCUT2D eigenvalue weighted by atomic mass is 32.2. The zero-order valence-electron chi connectivity index (χ0n) is 15.7. The first kappa shape index (κ1) is 19.5. The maximum absolute atomic E-state index is 12.0. The van der Waals surface area contributed by atoms with Crippen molar-refractivity contribution in [2.75, 3.05) is 26.5 Å². The van der Waals surface area contributed by atoms with E-state index >= 15 is 0 Å². The summed E-state index contributed by atoms with van der Waals surface area (Å²) in [4.78, 5) is 12.0. The Morgan fingerprint density at radius 2 is 1.96 bits per heavy atom. The van der Waals surface area contributed by atoms with Gasteiger partial charge < -0.3 is 19.2 Å². The standard InChI is InChI=1S/C19H25N3O4S/c1-24-15-9-8-14(10-16(15)25-2)18-21-22-19(26-18)27-12-17(23)20-11-13-6-4-3-5-7-13/h8-10,13H,3-7,11-12H2,1-2H3,(H,20,23). The Balaban J connectivity index is 1.51. The van der Waals surface area contributed by atoms with Crippen molar-refractivity contribution in [1.29, 1.82) is 0 Å². The summed E-state index contributed by atoms with van der Waals surface area (Å²) in [6.45, 7) is 0.764. The lowest BCUT2D eigenvalue weighted by Crippen LogP contribution is -2.31. The molecule has 1 fully saturated rings. The van der Waals surface area contributed by atoms with Gasteiger partial charge in [-0.15, -0.1) is 10.2 Å². The van der Waals surface area contributed by atoms with Gasteiger partial charge in [-0.3, -0.25) is 4.79 Å². The Kier molecular flexibility index (Phi) is 6.98. The van der Waals surface area contributed by atoms with Gasteiger partial charge in [0.15, 0.2) is 11.5 Å². The summed E-state index contributed by atoms with van der Waals surface area (Å²) in [6, 6.07) is 5.38. The van der Waals surface area contributed by atoms with Crippen molar-refractivity contribution in [1.82, 2.24) is 15.5 Å². The first-order valence-electron chi connectivity index (χ1n) is 9.15. The minimum atomic E-state index is -0.00330. The van der Waals surface area contributed by atoms with E-state index < -0.39 is 0 Å². The highest BCUT2D eigenvalue weighted by Crippen LogP contribution is 2.32. The molecule has 0 spiro atoms. The first-order chi connectivity index (χ1) is 13.2. The number of aromatic nitrogens is 2.